The average Bonchev–Trinajstić information content (AvgIpc) is 2.79. The monoisotopic (exact) mass is 450 g/mol. The lowest BCUT2D eigenvalue weighted by Crippen LogP contribution is -2.82. The zero-order valence-corrected chi connectivity index (χ0v) is 18.3. The van der Waals surface area contributed by atoms with Crippen LogP contribution in [0.25, 0.3) is 0 Å². The van der Waals surface area contributed by atoms with Gasteiger partial charge in [0.2, 0.25) is 0 Å². The van der Waals surface area contributed by atoms with Gasteiger partial charge in [0.15, 0.2) is 11.2 Å². The second-order valence-corrected chi connectivity index (χ2v) is 9.48. The molecule has 0 bridgehead atoms. The van der Waals surface area contributed by atoms with E-state index in [9.17, 15) is 13.0 Å². The molecule has 0 aliphatic carbocycles. The summed E-state index contributed by atoms with van der Waals surface area (Å²) in [5.74, 6) is -1.04. The molecule has 11 nitrogen and oxygen atoms in total. The molecule has 30 heavy (non-hydrogen) atoms. The summed E-state index contributed by atoms with van der Waals surface area (Å²) in [6.45, 7) is 8.47. The van der Waals surface area contributed by atoms with E-state index in [2.05, 4.69) is 14.7 Å². The van der Waals surface area contributed by atoms with Crippen molar-refractivity contribution in [3.63, 3.8) is 0 Å². The van der Waals surface area contributed by atoms with Crippen molar-refractivity contribution in [1.29, 1.82) is 0 Å². The Balaban J connectivity index is 1.85. The molecule has 12 heteroatoms. The van der Waals surface area contributed by atoms with E-state index >= 15 is 0 Å². The van der Waals surface area contributed by atoms with Crippen LogP contribution in [0.3, 0.4) is 0 Å². The highest BCUT2D eigenvalue weighted by Gasteiger charge is 2.60. The Labute approximate surface area is 178 Å². The Morgan fingerprint density at radius 3 is 1.20 bits per heavy atom. The second-order valence-electron chi connectivity index (χ2n) is 8.00. The molecule has 0 aromatic rings. The van der Waals surface area contributed by atoms with Crippen molar-refractivity contribution in [2.75, 3.05) is 105 Å². The molecule has 4 saturated heterocycles. The molecule has 4 fully saturated rings. The van der Waals surface area contributed by atoms with E-state index in [4.69, 9.17) is 18.9 Å². The molecule has 0 aromatic heterocycles. The smallest absolute Gasteiger partial charge is 0.286 e. The molecule has 0 spiro atoms. The number of hydrogen-bond acceptors (Lipinski definition) is 10. The van der Waals surface area contributed by atoms with Gasteiger partial charge in [-0.2, -0.15) is 8.42 Å². The Kier molecular flexibility index (Phi) is 7.61. The molecule has 1 atom stereocenters. The van der Waals surface area contributed by atoms with Crippen LogP contribution in [-0.4, -0.2) is 149 Å². The molecular weight excluding hydrogens is 416 g/mol. The van der Waals surface area contributed by atoms with Gasteiger partial charge in [-0.25, -0.2) is 0 Å². The van der Waals surface area contributed by atoms with Gasteiger partial charge in [-0.05, 0) is 0 Å². The minimum Gasteiger partial charge on any atom is -0.379 e. The van der Waals surface area contributed by atoms with Crippen LogP contribution in [0.4, 0.5) is 0 Å². The molecule has 1 unspecified atom stereocenters. The number of nitrogens with zero attached hydrogens (tertiary/aromatic N) is 4. The summed E-state index contributed by atoms with van der Waals surface area (Å²) in [6.07, 6.45) is 0. The standard InChI is InChI=1S/C18H34N4O7S/c23-30(24,25)17(19-1-9-26-10-2-19)18(20-3-11-27-12-4-20,21-5-13-28-14-6-21)22-7-15-29-16-8-22/h17H,1-16H2,(H,23,24,25). The predicted molar refractivity (Wildman–Crippen MR) is 108 cm³/mol. The fourth-order valence-electron chi connectivity index (χ4n) is 5.19. The molecule has 4 rings (SSSR count). The minimum absolute atomic E-state index is 0.442. The molecule has 4 heterocycles. The van der Waals surface area contributed by atoms with Crippen molar-refractivity contribution in [2.45, 2.75) is 11.2 Å². The van der Waals surface area contributed by atoms with E-state index in [1.807, 2.05) is 4.90 Å². The normalized spacial score (nSPS) is 28.4. The fraction of sp³-hybridized carbons (Fsp3) is 1.00. The highest BCUT2D eigenvalue weighted by atomic mass is 32.2. The van der Waals surface area contributed by atoms with Crippen molar-refractivity contribution in [3.8, 4) is 0 Å². The molecule has 0 aromatic carbocycles. The molecule has 0 amide bonds. The maximum atomic E-state index is 13.1. The maximum Gasteiger partial charge on any atom is 0.286 e. The van der Waals surface area contributed by atoms with Gasteiger partial charge in [0, 0.05) is 52.4 Å². The van der Waals surface area contributed by atoms with E-state index in [-0.39, 0.29) is 0 Å². The van der Waals surface area contributed by atoms with Crippen LogP contribution in [-0.2, 0) is 29.1 Å². The van der Waals surface area contributed by atoms with Crippen molar-refractivity contribution in [1.82, 2.24) is 19.6 Å². The van der Waals surface area contributed by atoms with Gasteiger partial charge in [-0.3, -0.25) is 24.2 Å². The van der Waals surface area contributed by atoms with Crippen LogP contribution < -0.4 is 0 Å². The van der Waals surface area contributed by atoms with Gasteiger partial charge in [0.1, 0.15) is 0 Å². The maximum absolute atomic E-state index is 13.1. The first-order chi connectivity index (χ1) is 14.5. The van der Waals surface area contributed by atoms with Crippen LogP contribution in [0.1, 0.15) is 0 Å². The predicted octanol–water partition coefficient (Wildman–Crippen LogP) is -1.82. The molecule has 1 N–H and O–H groups in total. The van der Waals surface area contributed by atoms with E-state index in [1.165, 1.54) is 0 Å². The van der Waals surface area contributed by atoms with Gasteiger partial charge in [-0.1, -0.05) is 0 Å². The number of morpholine rings is 4. The van der Waals surface area contributed by atoms with Crippen LogP contribution in [0.15, 0.2) is 0 Å². The molecule has 174 valence electrons. The molecule has 0 saturated carbocycles. The third-order valence-electron chi connectivity index (χ3n) is 6.42. The van der Waals surface area contributed by atoms with Gasteiger partial charge in [-0.15, -0.1) is 0 Å². The van der Waals surface area contributed by atoms with E-state index in [0.29, 0.717) is 105 Å². The quantitative estimate of drug-likeness (QED) is 0.463. The van der Waals surface area contributed by atoms with Crippen LogP contribution in [0, 0.1) is 0 Å². The molecule has 4 aliphatic heterocycles. The summed E-state index contributed by atoms with van der Waals surface area (Å²) >= 11 is 0. The van der Waals surface area contributed by atoms with Crippen molar-refractivity contribution < 1.29 is 31.9 Å². The first kappa shape index (κ1) is 22.8. The summed E-state index contributed by atoms with van der Waals surface area (Å²) in [5.41, 5.74) is 0. The van der Waals surface area contributed by atoms with Gasteiger partial charge in [0.25, 0.3) is 10.1 Å². The van der Waals surface area contributed by atoms with Crippen molar-refractivity contribution >= 4 is 10.1 Å². The number of rotatable bonds is 6. The lowest BCUT2D eigenvalue weighted by molar-refractivity contribution is -0.239. The Hall–Kier alpha value is -0.410. The van der Waals surface area contributed by atoms with Crippen LogP contribution >= 0.6 is 0 Å². The van der Waals surface area contributed by atoms with Crippen molar-refractivity contribution in [2.24, 2.45) is 0 Å². The molecular formula is C18H34N4O7S. The summed E-state index contributed by atoms with van der Waals surface area (Å²) in [6, 6.07) is 0. The van der Waals surface area contributed by atoms with E-state index in [1.54, 1.807) is 0 Å². The summed E-state index contributed by atoms with van der Waals surface area (Å²) < 4.78 is 59.2. The minimum atomic E-state index is -4.45. The van der Waals surface area contributed by atoms with E-state index in [0.717, 1.165) is 0 Å². The summed E-state index contributed by atoms with van der Waals surface area (Å²) in [5, 5.41) is -1.14. The third kappa shape index (κ3) is 4.53. The summed E-state index contributed by atoms with van der Waals surface area (Å²) in [4.78, 5) is 8.46. The number of hydrogen-bond donors (Lipinski definition) is 1. The number of ether oxygens (including phenoxy) is 4. The van der Waals surface area contributed by atoms with Crippen LogP contribution in [0.5, 0.6) is 0 Å². The van der Waals surface area contributed by atoms with Crippen molar-refractivity contribution in [3.05, 3.63) is 0 Å². The first-order valence-electron chi connectivity index (χ1n) is 10.8. The third-order valence-corrected chi connectivity index (χ3v) is 7.60. The molecule has 4 aliphatic rings. The van der Waals surface area contributed by atoms with Crippen LogP contribution in [0.2, 0.25) is 0 Å². The Bertz CT molecular complexity index is 597. The summed E-state index contributed by atoms with van der Waals surface area (Å²) in [7, 11) is -4.45. The van der Waals surface area contributed by atoms with E-state index < -0.39 is 21.3 Å². The fourth-order valence-corrected chi connectivity index (χ4v) is 6.63. The highest BCUT2D eigenvalue weighted by Crippen LogP contribution is 2.37. The Morgan fingerprint density at radius 1 is 0.600 bits per heavy atom. The van der Waals surface area contributed by atoms with Gasteiger partial charge in [0.05, 0.1) is 52.9 Å². The lowest BCUT2D eigenvalue weighted by Gasteiger charge is -2.62. The zero-order chi connectivity index (χ0) is 21.0. The molecule has 0 radical (unpaired) electrons. The second kappa shape index (κ2) is 10.0. The highest BCUT2D eigenvalue weighted by molar-refractivity contribution is 7.86. The zero-order valence-electron chi connectivity index (χ0n) is 17.5. The largest absolute Gasteiger partial charge is 0.379 e. The topological polar surface area (TPSA) is 104 Å². The van der Waals surface area contributed by atoms with Gasteiger partial charge >= 0.3 is 0 Å². The van der Waals surface area contributed by atoms with Gasteiger partial charge < -0.3 is 18.9 Å². The SMILES string of the molecule is O=S(=O)(O)C(N1CCOCC1)C(N1CCOCC1)(N1CCOCC1)N1CCOCC1. The first-order valence-corrected chi connectivity index (χ1v) is 12.3. The average molecular weight is 451 g/mol. The lowest BCUT2D eigenvalue weighted by atomic mass is 10.1. The Morgan fingerprint density at radius 2 is 0.900 bits per heavy atom.